The lowest BCUT2D eigenvalue weighted by Crippen LogP contribution is -2.28. The highest BCUT2D eigenvalue weighted by molar-refractivity contribution is 7.89. The van der Waals surface area contributed by atoms with Crippen LogP contribution in [0.25, 0.3) is 0 Å². The van der Waals surface area contributed by atoms with Crippen molar-refractivity contribution in [3.05, 3.63) is 53.1 Å². The molecule has 0 aromatic heterocycles. The van der Waals surface area contributed by atoms with Gasteiger partial charge < -0.3 is 14.8 Å². The fourth-order valence-electron chi connectivity index (χ4n) is 2.72. The first-order valence-corrected chi connectivity index (χ1v) is 10.5. The summed E-state index contributed by atoms with van der Waals surface area (Å²) in [6.45, 7) is 6.55. The van der Waals surface area contributed by atoms with Crippen LogP contribution in [0.2, 0.25) is 0 Å². The van der Waals surface area contributed by atoms with E-state index in [1.165, 1.54) is 12.1 Å². The Balaban J connectivity index is 1.74. The topological polar surface area (TPSA) is 93.7 Å². The first-order chi connectivity index (χ1) is 13.3. The van der Waals surface area contributed by atoms with E-state index in [-0.39, 0.29) is 24.1 Å². The van der Waals surface area contributed by atoms with E-state index in [0.29, 0.717) is 29.5 Å². The molecule has 0 radical (unpaired) electrons. The molecule has 7 nitrogen and oxygen atoms in total. The molecule has 0 fully saturated rings. The molecule has 150 valence electrons. The van der Waals surface area contributed by atoms with Gasteiger partial charge in [-0.15, -0.1) is 0 Å². The number of hydrogen-bond donors (Lipinski definition) is 2. The third-order valence-electron chi connectivity index (χ3n) is 4.34. The highest BCUT2D eigenvalue weighted by atomic mass is 32.2. The number of amides is 1. The molecule has 8 heteroatoms. The van der Waals surface area contributed by atoms with Gasteiger partial charge >= 0.3 is 0 Å². The SMILES string of the molecule is Cc1ccc(S(=O)(=O)NCc2ccc3c(c2)OCO3)cc1C(=O)NCC(C)C. The summed E-state index contributed by atoms with van der Waals surface area (Å²) in [6.07, 6.45) is 0. The van der Waals surface area contributed by atoms with E-state index in [2.05, 4.69) is 10.0 Å². The van der Waals surface area contributed by atoms with Crippen LogP contribution in [0, 0.1) is 12.8 Å². The Bertz CT molecular complexity index is 986. The summed E-state index contributed by atoms with van der Waals surface area (Å²) in [6, 6.07) is 9.80. The highest BCUT2D eigenvalue weighted by Gasteiger charge is 2.19. The van der Waals surface area contributed by atoms with Crippen molar-refractivity contribution in [1.82, 2.24) is 10.0 Å². The predicted octanol–water partition coefficient (Wildman–Crippen LogP) is 2.59. The molecular formula is C20H24N2O5S. The summed E-state index contributed by atoms with van der Waals surface area (Å²) in [5, 5.41) is 2.82. The first kappa shape index (κ1) is 20.2. The first-order valence-electron chi connectivity index (χ1n) is 9.03. The van der Waals surface area contributed by atoms with Crippen molar-refractivity contribution in [2.75, 3.05) is 13.3 Å². The molecule has 1 heterocycles. The summed E-state index contributed by atoms with van der Waals surface area (Å²) in [5.41, 5.74) is 1.82. The molecule has 3 rings (SSSR count). The van der Waals surface area contributed by atoms with E-state index in [4.69, 9.17) is 9.47 Å². The van der Waals surface area contributed by atoms with Crippen molar-refractivity contribution < 1.29 is 22.7 Å². The predicted molar refractivity (Wildman–Crippen MR) is 105 cm³/mol. The molecule has 0 atom stereocenters. The fourth-order valence-corrected chi connectivity index (χ4v) is 3.76. The average molecular weight is 404 g/mol. The van der Waals surface area contributed by atoms with Crippen molar-refractivity contribution >= 4 is 15.9 Å². The van der Waals surface area contributed by atoms with Gasteiger partial charge in [0.2, 0.25) is 16.8 Å². The number of sulfonamides is 1. The van der Waals surface area contributed by atoms with Crippen molar-refractivity contribution in [2.45, 2.75) is 32.2 Å². The fraction of sp³-hybridized carbons (Fsp3) is 0.350. The summed E-state index contributed by atoms with van der Waals surface area (Å²) in [4.78, 5) is 12.4. The minimum absolute atomic E-state index is 0.0496. The zero-order valence-electron chi connectivity index (χ0n) is 16.1. The van der Waals surface area contributed by atoms with Crippen LogP contribution in [0.3, 0.4) is 0 Å². The van der Waals surface area contributed by atoms with E-state index in [0.717, 1.165) is 11.1 Å². The molecule has 0 saturated carbocycles. The third kappa shape index (κ3) is 4.63. The standard InChI is InChI=1S/C20H24N2O5S/c1-13(2)10-21-20(23)17-9-16(6-4-14(17)3)28(24,25)22-11-15-5-7-18-19(8-15)27-12-26-18/h4-9,13,22H,10-12H2,1-3H3,(H,21,23). The Morgan fingerprint density at radius 2 is 1.86 bits per heavy atom. The Morgan fingerprint density at radius 1 is 1.11 bits per heavy atom. The average Bonchev–Trinajstić information content (AvgIpc) is 3.12. The van der Waals surface area contributed by atoms with E-state index in [1.54, 1.807) is 31.2 Å². The smallest absolute Gasteiger partial charge is 0.251 e. The van der Waals surface area contributed by atoms with Gasteiger partial charge in [0, 0.05) is 18.7 Å². The van der Waals surface area contributed by atoms with E-state index in [1.807, 2.05) is 13.8 Å². The molecular weight excluding hydrogens is 380 g/mol. The van der Waals surface area contributed by atoms with Crippen LogP contribution in [0.4, 0.5) is 0 Å². The molecule has 2 N–H and O–H groups in total. The Kier molecular flexibility index (Phi) is 5.90. The molecule has 28 heavy (non-hydrogen) atoms. The van der Waals surface area contributed by atoms with Gasteiger partial charge in [0.15, 0.2) is 11.5 Å². The quantitative estimate of drug-likeness (QED) is 0.740. The van der Waals surface area contributed by atoms with Crippen LogP contribution in [0.5, 0.6) is 11.5 Å². The van der Waals surface area contributed by atoms with Crippen LogP contribution in [-0.4, -0.2) is 27.7 Å². The van der Waals surface area contributed by atoms with Crippen LogP contribution < -0.4 is 19.5 Å². The van der Waals surface area contributed by atoms with Crippen LogP contribution >= 0.6 is 0 Å². The maximum absolute atomic E-state index is 12.7. The largest absolute Gasteiger partial charge is 0.454 e. The maximum Gasteiger partial charge on any atom is 0.251 e. The van der Waals surface area contributed by atoms with Crippen molar-refractivity contribution in [3.8, 4) is 11.5 Å². The van der Waals surface area contributed by atoms with Crippen LogP contribution in [0.15, 0.2) is 41.3 Å². The second-order valence-electron chi connectivity index (χ2n) is 7.09. The van der Waals surface area contributed by atoms with E-state index < -0.39 is 10.0 Å². The van der Waals surface area contributed by atoms with Gasteiger partial charge in [0.05, 0.1) is 4.90 Å². The number of ether oxygens (including phenoxy) is 2. The highest BCUT2D eigenvalue weighted by Crippen LogP contribution is 2.32. The minimum atomic E-state index is -3.78. The number of nitrogens with one attached hydrogen (secondary N) is 2. The van der Waals surface area contributed by atoms with Gasteiger partial charge in [0.1, 0.15) is 0 Å². The number of hydrogen-bond acceptors (Lipinski definition) is 5. The zero-order valence-corrected chi connectivity index (χ0v) is 16.9. The van der Waals surface area contributed by atoms with Gasteiger partial charge in [-0.1, -0.05) is 26.0 Å². The molecule has 1 aliphatic rings. The van der Waals surface area contributed by atoms with Gasteiger partial charge in [-0.25, -0.2) is 13.1 Å². The molecule has 1 amide bonds. The third-order valence-corrected chi connectivity index (χ3v) is 5.74. The lowest BCUT2D eigenvalue weighted by Gasteiger charge is -2.12. The van der Waals surface area contributed by atoms with Crippen molar-refractivity contribution in [3.63, 3.8) is 0 Å². The van der Waals surface area contributed by atoms with Crippen LogP contribution in [-0.2, 0) is 16.6 Å². The minimum Gasteiger partial charge on any atom is -0.454 e. The van der Waals surface area contributed by atoms with Gasteiger partial charge in [-0.2, -0.15) is 0 Å². The molecule has 0 unspecified atom stereocenters. The number of benzene rings is 2. The zero-order chi connectivity index (χ0) is 20.3. The Morgan fingerprint density at radius 3 is 2.61 bits per heavy atom. The molecule has 1 aliphatic heterocycles. The Hall–Kier alpha value is -2.58. The van der Waals surface area contributed by atoms with E-state index in [9.17, 15) is 13.2 Å². The van der Waals surface area contributed by atoms with Crippen molar-refractivity contribution in [2.24, 2.45) is 5.92 Å². The van der Waals surface area contributed by atoms with Gasteiger partial charge in [-0.3, -0.25) is 4.79 Å². The number of carbonyl (C=O) groups excluding carboxylic acids is 1. The molecule has 0 bridgehead atoms. The van der Waals surface area contributed by atoms with Gasteiger partial charge in [0.25, 0.3) is 5.91 Å². The molecule has 0 spiro atoms. The lowest BCUT2D eigenvalue weighted by atomic mass is 10.1. The van der Waals surface area contributed by atoms with Gasteiger partial charge in [-0.05, 0) is 48.2 Å². The maximum atomic E-state index is 12.7. The molecule has 2 aromatic rings. The van der Waals surface area contributed by atoms with E-state index >= 15 is 0 Å². The number of carbonyl (C=O) groups is 1. The lowest BCUT2D eigenvalue weighted by molar-refractivity contribution is 0.0948. The Labute approximate surface area is 165 Å². The van der Waals surface area contributed by atoms with Crippen LogP contribution in [0.1, 0.15) is 35.3 Å². The normalized spacial score (nSPS) is 13.0. The summed E-state index contributed by atoms with van der Waals surface area (Å²) in [7, 11) is -3.78. The van der Waals surface area contributed by atoms with Crippen molar-refractivity contribution in [1.29, 1.82) is 0 Å². The second kappa shape index (κ2) is 8.20. The molecule has 0 saturated heterocycles. The number of fused-ring (bicyclic) bond motifs is 1. The molecule has 0 aliphatic carbocycles. The summed E-state index contributed by atoms with van der Waals surface area (Å²) < 4.78 is 38.5. The second-order valence-corrected chi connectivity index (χ2v) is 8.86. The monoisotopic (exact) mass is 404 g/mol. The number of aryl methyl sites for hydroxylation is 1. The summed E-state index contributed by atoms with van der Waals surface area (Å²) in [5.74, 6) is 1.26. The number of rotatable bonds is 7. The summed E-state index contributed by atoms with van der Waals surface area (Å²) >= 11 is 0. The molecule has 2 aromatic carbocycles.